The first-order valence-electron chi connectivity index (χ1n) is 11.8. The molecule has 0 aliphatic heterocycles. The van der Waals surface area contributed by atoms with Gasteiger partial charge in [-0.15, -0.1) is 0 Å². The first-order valence-corrected chi connectivity index (χ1v) is 11.8. The minimum Gasteiger partial charge on any atom is -0.374 e. The van der Waals surface area contributed by atoms with Gasteiger partial charge < -0.3 is 15.2 Å². The van der Waals surface area contributed by atoms with E-state index >= 15 is 0 Å². The van der Waals surface area contributed by atoms with Gasteiger partial charge in [-0.1, -0.05) is 18.2 Å². The lowest BCUT2D eigenvalue weighted by atomic mass is 9.98. The van der Waals surface area contributed by atoms with Crippen molar-refractivity contribution in [3.05, 3.63) is 109 Å². The maximum atomic E-state index is 4.68. The normalized spacial score (nSPS) is 12.1. The molecule has 7 heteroatoms. The molecule has 0 amide bonds. The molecule has 6 aromatic rings. The molecule has 6 rings (SSSR count). The van der Waals surface area contributed by atoms with Crippen molar-refractivity contribution < 1.29 is 0 Å². The number of pyridine rings is 2. The number of nitrogens with zero attached hydrogens (tertiary/aromatic N) is 5. The third-order valence-corrected chi connectivity index (χ3v) is 6.48. The van der Waals surface area contributed by atoms with Crippen LogP contribution in [0.5, 0.6) is 0 Å². The van der Waals surface area contributed by atoms with Crippen LogP contribution in [0.15, 0.2) is 97.8 Å². The van der Waals surface area contributed by atoms with E-state index in [0.29, 0.717) is 0 Å². The molecular weight excluding hydrogens is 446 g/mol. The van der Waals surface area contributed by atoms with Gasteiger partial charge in [0.2, 0.25) is 0 Å². The van der Waals surface area contributed by atoms with Crippen molar-refractivity contribution in [3.8, 4) is 11.1 Å². The molecule has 0 bridgehead atoms. The molecule has 0 aliphatic carbocycles. The number of anilines is 2. The molecule has 4 aromatic heterocycles. The lowest BCUT2D eigenvalue weighted by Crippen LogP contribution is -2.13. The smallest absolute Gasteiger partial charge is 0.125 e. The van der Waals surface area contributed by atoms with Crippen LogP contribution in [0, 0.1) is 0 Å². The SMILES string of the molecule is CNc1cc(C(Nc2cc(-c3ccc4ccn(C)c4c3)c3nccnc3c2)c2cccnc2)ccn1. The zero-order chi connectivity index (χ0) is 24.5. The predicted octanol–water partition coefficient (Wildman–Crippen LogP) is 5.82. The fourth-order valence-electron chi connectivity index (χ4n) is 4.64. The van der Waals surface area contributed by atoms with Gasteiger partial charge in [-0.05, 0) is 64.5 Å². The van der Waals surface area contributed by atoms with Crippen molar-refractivity contribution in [2.24, 2.45) is 7.05 Å². The maximum absolute atomic E-state index is 4.68. The molecule has 0 spiro atoms. The number of aryl methyl sites for hydroxylation is 1. The van der Waals surface area contributed by atoms with Gasteiger partial charge in [-0.25, -0.2) is 4.98 Å². The highest BCUT2D eigenvalue weighted by molar-refractivity contribution is 5.97. The van der Waals surface area contributed by atoms with Crippen LogP contribution in [0.3, 0.4) is 0 Å². The second kappa shape index (κ2) is 9.11. The highest BCUT2D eigenvalue weighted by atomic mass is 15.0. The van der Waals surface area contributed by atoms with Gasteiger partial charge in [-0.3, -0.25) is 15.0 Å². The summed E-state index contributed by atoms with van der Waals surface area (Å²) in [5, 5.41) is 8.08. The van der Waals surface area contributed by atoms with Gasteiger partial charge in [-0.2, -0.15) is 0 Å². The Morgan fingerprint density at radius 3 is 2.61 bits per heavy atom. The first kappa shape index (κ1) is 21.7. The van der Waals surface area contributed by atoms with E-state index in [9.17, 15) is 0 Å². The topological polar surface area (TPSA) is 80.5 Å². The Kier molecular flexibility index (Phi) is 5.50. The van der Waals surface area contributed by atoms with Crippen LogP contribution in [0.1, 0.15) is 17.2 Å². The van der Waals surface area contributed by atoms with E-state index in [1.165, 1.54) is 10.9 Å². The average Bonchev–Trinajstić information content (AvgIpc) is 3.31. The number of benzene rings is 2. The summed E-state index contributed by atoms with van der Waals surface area (Å²) in [5.41, 5.74) is 8.08. The number of nitrogens with one attached hydrogen (secondary N) is 2. The van der Waals surface area contributed by atoms with Crippen LogP contribution in [0.2, 0.25) is 0 Å². The van der Waals surface area contributed by atoms with Crippen molar-refractivity contribution in [1.82, 2.24) is 24.5 Å². The molecule has 0 aliphatic rings. The Hall–Kier alpha value is -4.78. The Balaban J connectivity index is 1.49. The van der Waals surface area contributed by atoms with Crippen LogP contribution in [-0.2, 0) is 7.05 Å². The molecule has 0 saturated heterocycles. The number of aromatic nitrogens is 5. The van der Waals surface area contributed by atoms with E-state index in [1.54, 1.807) is 18.6 Å². The summed E-state index contributed by atoms with van der Waals surface area (Å²) in [6, 6.07) is 20.8. The van der Waals surface area contributed by atoms with E-state index < -0.39 is 0 Å². The largest absolute Gasteiger partial charge is 0.374 e. The molecule has 2 aromatic carbocycles. The Morgan fingerprint density at radius 2 is 1.75 bits per heavy atom. The van der Waals surface area contributed by atoms with E-state index in [0.717, 1.165) is 44.8 Å². The number of hydrogen-bond acceptors (Lipinski definition) is 6. The predicted molar refractivity (Wildman–Crippen MR) is 145 cm³/mol. The second-order valence-corrected chi connectivity index (χ2v) is 8.74. The molecule has 1 unspecified atom stereocenters. The molecule has 176 valence electrons. The number of hydrogen-bond donors (Lipinski definition) is 2. The summed E-state index contributed by atoms with van der Waals surface area (Å²) in [6.07, 6.45) is 11.1. The van der Waals surface area contributed by atoms with Crippen molar-refractivity contribution in [1.29, 1.82) is 0 Å². The van der Waals surface area contributed by atoms with Gasteiger partial charge in [0, 0.05) is 68.0 Å². The Labute approximate surface area is 208 Å². The third kappa shape index (κ3) is 4.01. The lowest BCUT2D eigenvalue weighted by molar-refractivity contribution is 0.924. The standard InChI is InChI=1S/C29H25N7/c1-30-27-15-21(7-10-33-27)28(22-4-3-9-31-18-22)35-23-16-24(29-25(17-23)32-11-12-34-29)20-6-5-19-8-13-36(2)26(19)14-20/h3-18,28,35H,1-2H3,(H,30,33). The summed E-state index contributed by atoms with van der Waals surface area (Å²) in [7, 11) is 3.94. The summed E-state index contributed by atoms with van der Waals surface area (Å²) >= 11 is 0. The van der Waals surface area contributed by atoms with Gasteiger partial charge in [0.05, 0.1) is 17.1 Å². The molecule has 7 nitrogen and oxygen atoms in total. The summed E-state index contributed by atoms with van der Waals surface area (Å²) < 4.78 is 2.13. The molecule has 1 atom stereocenters. The van der Waals surface area contributed by atoms with E-state index in [1.807, 2.05) is 31.6 Å². The number of rotatable bonds is 6. The molecule has 0 fully saturated rings. The van der Waals surface area contributed by atoms with Gasteiger partial charge in [0.25, 0.3) is 0 Å². The minimum absolute atomic E-state index is 0.133. The fourth-order valence-corrected chi connectivity index (χ4v) is 4.64. The summed E-state index contributed by atoms with van der Waals surface area (Å²) in [5.74, 6) is 0.809. The van der Waals surface area contributed by atoms with Crippen molar-refractivity contribution in [2.45, 2.75) is 6.04 Å². The number of fused-ring (bicyclic) bond motifs is 2. The summed E-state index contributed by atoms with van der Waals surface area (Å²) in [6.45, 7) is 0. The molecule has 36 heavy (non-hydrogen) atoms. The van der Waals surface area contributed by atoms with Crippen LogP contribution < -0.4 is 10.6 Å². The molecule has 0 saturated carbocycles. The first-order chi connectivity index (χ1) is 17.7. The van der Waals surface area contributed by atoms with Crippen LogP contribution in [0.4, 0.5) is 11.5 Å². The van der Waals surface area contributed by atoms with E-state index in [4.69, 9.17) is 0 Å². The van der Waals surface area contributed by atoms with Crippen LogP contribution >= 0.6 is 0 Å². The third-order valence-electron chi connectivity index (χ3n) is 6.48. The van der Waals surface area contributed by atoms with E-state index in [-0.39, 0.29) is 6.04 Å². The maximum Gasteiger partial charge on any atom is 0.125 e. The Bertz CT molecular complexity index is 1670. The average molecular weight is 472 g/mol. The van der Waals surface area contributed by atoms with Gasteiger partial charge in [0.1, 0.15) is 5.82 Å². The van der Waals surface area contributed by atoms with Gasteiger partial charge in [0.15, 0.2) is 0 Å². The molecule has 2 N–H and O–H groups in total. The van der Waals surface area contributed by atoms with Crippen LogP contribution in [0.25, 0.3) is 33.1 Å². The summed E-state index contributed by atoms with van der Waals surface area (Å²) in [4.78, 5) is 18.1. The molecule has 0 radical (unpaired) electrons. The van der Waals surface area contributed by atoms with Crippen LogP contribution in [-0.4, -0.2) is 31.6 Å². The zero-order valence-corrected chi connectivity index (χ0v) is 20.1. The second-order valence-electron chi connectivity index (χ2n) is 8.74. The minimum atomic E-state index is -0.133. The molecular formula is C29H25N7. The van der Waals surface area contributed by atoms with Gasteiger partial charge >= 0.3 is 0 Å². The lowest BCUT2D eigenvalue weighted by Gasteiger charge is -2.22. The zero-order valence-electron chi connectivity index (χ0n) is 20.1. The van der Waals surface area contributed by atoms with Crippen molar-refractivity contribution in [3.63, 3.8) is 0 Å². The molecule has 4 heterocycles. The fraction of sp³-hybridized carbons (Fsp3) is 0.103. The van der Waals surface area contributed by atoms with Crippen molar-refractivity contribution in [2.75, 3.05) is 17.7 Å². The highest BCUT2D eigenvalue weighted by Crippen LogP contribution is 2.34. The monoisotopic (exact) mass is 471 g/mol. The van der Waals surface area contributed by atoms with Crippen molar-refractivity contribution >= 4 is 33.4 Å². The Morgan fingerprint density at radius 1 is 0.833 bits per heavy atom. The highest BCUT2D eigenvalue weighted by Gasteiger charge is 2.17. The quantitative estimate of drug-likeness (QED) is 0.319. The van der Waals surface area contributed by atoms with E-state index in [2.05, 4.69) is 96.9 Å².